The molecule has 1 aromatic carbocycles. The number of benzene rings is 1. The minimum atomic E-state index is -1.06. The quantitative estimate of drug-likeness (QED) is 0.918. The average Bonchev–Trinajstić information content (AvgIpc) is 2.42. The lowest BCUT2D eigenvalue weighted by molar-refractivity contribution is 0.0696. The molecule has 2 rings (SSSR count). The molecule has 0 aliphatic rings. The van der Waals surface area contributed by atoms with E-state index in [2.05, 4.69) is 4.98 Å². The lowest BCUT2D eigenvalue weighted by Gasteiger charge is -2.05. The van der Waals surface area contributed by atoms with E-state index in [1.807, 2.05) is 31.2 Å². The Bertz CT molecular complexity index is 638. The summed E-state index contributed by atoms with van der Waals surface area (Å²) in [6, 6.07) is 10.9. The topological polar surface area (TPSA) is 67.3 Å². The van der Waals surface area contributed by atoms with Gasteiger partial charge in [-0.1, -0.05) is 24.3 Å². The van der Waals surface area contributed by atoms with Gasteiger partial charge in [0.1, 0.15) is 0 Å². The number of carbonyl (C=O) groups is 1. The number of rotatable bonds is 5. The summed E-state index contributed by atoms with van der Waals surface area (Å²) in [5.74, 6) is -0.200. The van der Waals surface area contributed by atoms with Gasteiger partial charge in [-0.05, 0) is 30.2 Å². The second-order valence-electron chi connectivity index (χ2n) is 4.50. The highest BCUT2D eigenvalue weighted by molar-refractivity contribution is 7.83. The fourth-order valence-electron chi connectivity index (χ4n) is 1.80. The minimum Gasteiger partial charge on any atom is -0.478 e. The number of pyridine rings is 1. The molecule has 4 nitrogen and oxygen atoms in total. The van der Waals surface area contributed by atoms with Crippen LogP contribution in [0.15, 0.2) is 42.6 Å². The van der Waals surface area contributed by atoms with Gasteiger partial charge < -0.3 is 5.11 Å². The van der Waals surface area contributed by atoms with Crippen LogP contribution < -0.4 is 0 Å². The van der Waals surface area contributed by atoms with Gasteiger partial charge in [0.2, 0.25) is 0 Å². The predicted octanol–water partition coefficient (Wildman–Crippen LogP) is 2.54. The molecule has 1 N–H and O–H groups in total. The summed E-state index contributed by atoms with van der Waals surface area (Å²) in [6.45, 7) is 1.99. The smallest absolute Gasteiger partial charge is 0.337 e. The van der Waals surface area contributed by atoms with Gasteiger partial charge in [-0.25, -0.2) is 4.79 Å². The molecule has 0 saturated carbocycles. The normalized spacial score (nSPS) is 12.1. The van der Waals surface area contributed by atoms with Gasteiger partial charge in [0.15, 0.2) is 0 Å². The van der Waals surface area contributed by atoms with Crippen LogP contribution in [0.3, 0.4) is 0 Å². The van der Waals surface area contributed by atoms with Crippen molar-refractivity contribution >= 4 is 16.8 Å². The van der Waals surface area contributed by atoms with Crippen LogP contribution in [-0.2, 0) is 22.3 Å². The fourth-order valence-corrected chi connectivity index (χ4v) is 3.07. The molecular formula is C15H15NO3S. The lowest BCUT2D eigenvalue weighted by Crippen LogP contribution is -2.04. The molecule has 0 bridgehead atoms. The Morgan fingerprint density at radius 3 is 2.55 bits per heavy atom. The summed E-state index contributed by atoms with van der Waals surface area (Å²) >= 11 is 0. The minimum absolute atomic E-state index is 0.137. The van der Waals surface area contributed by atoms with Gasteiger partial charge in [0.25, 0.3) is 0 Å². The van der Waals surface area contributed by atoms with Crippen LogP contribution in [-0.4, -0.2) is 20.3 Å². The molecule has 0 saturated heterocycles. The lowest BCUT2D eigenvalue weighted by atomic mass is 10.1. The predicted molar refractivity (Wildman–Crippen MR) is 77.9 cm³/mol. The van der Waals surface area contributed by atoms with E-state index in [1.54, 1.807) is 6.07 Å². The second kappa shape index (κ2) is 6.43. The van der Waals surface area contributed by atoms with Gasteiger partial charge in [0, 0.05) is 22.7 Å². The SMILES string of the molecule is Cc1ccccc1CS(=O)Cc1ccc(C(=O)O)cn1. The first-order chi connectivity index (χ1) is 9.56. The molecule has 1 aromatic heterocycles. The van der Waals surface area contributed by atoms with Crippen LogP contribution in [0.2, 0.25) is 0 Å². The van der Waals surface area contributed by atoms with Crippen molar-refractivity contribution in [3.63, 3.8) is 0 Å². The van der Waals surface area contributed by atoms with Crippen LogP contribution in [0, 0.1) is 6.92 Å². The van der Waals surface area contributed by atoms with E-state index in [0.717, 1.165) is 11.1 Å². The highest BCUT2D eigenvalue weighted by atomic mass is 32.2. The zero-order valence-electron chi connectivity index (χ0n) is 11.1. The Labute approximate surface area is 119 Å². The molecule has 1 heterocycles. The van der Waals surface area contributed by atoms with Gasteiger partial charge in [-0.2, -0.15) is 0 Å². The molecule has 0 aliphatic carbocycles. The van der Waals surface area contributed by atoms with Crippen LogP contribution in [0.4, 0.5) is 0 Å². The standard InChI is InChI=1S/C15H15NO3S/c1-11-4-2-3-5-13(11)9-20(19)10-14-7-6-12(8-16-14)15(17)18/h2-8H,9-10H2,1H3,(H,17,18). The highest BCUT2D eigenvalue weighted by Crippen LogP contribution is 2.12. The number of hydrogen-bond acceptors (Lipinski definition) is 3. The summed E-state index contributed by atoms with van der Waals surface area (Å²) in [6.07, 6.45) is 1.29. The van der Waals surface area contributed by atoms with E-state index in [9.17, 15) is 9.00 Å². The molecule has 1 unspecified atom stereocenters. The van der Waals surface area contributed by atoms with Crippen molar-refractivity contribution in [2.75, 3.05) is 0 Å². The summed E-state index contributed by atoms with van der Waals surface area (Å²) in [5, 5.41) is 8.78. The van der Waals surface area contributed by atoms with E-state index in [1.165, 1.54) is 12.3 Å². The third-order valence-corrected chi connectivity index (χ3v) is 4.21. The number of carboxylic acid groups (broad SMARTS) is 1. The fraction of sp³-hybridized carbons (Fsp3) is 0.200. The van der Waals surface area contributed by atoms with E-state index < -0.39 is 16.8 Å². The molecule has 20 heavy (non-hydrogen) atoms. The van der Waals surface area contributed by atoms with Crippen molar-refractivity contribution in [3.8, 4) is 0 Å². The first kappa shape index (κ1) is 14.4. The van der Waals surface area contributed by atoms with Crippen molar-refractivity contribution in [2.45, 2.75) is 18.4 Å². The van der Waals surface area contributed by atoms with Crippen LogP contribution in [0.5, 0.6) is 0 Å². The molecule has 2 aromatic rings. The molecule has 0 amide bonds. The van der Waals surface area contributed by atoms with Gasteiger partial charge >= 0.3 is 5.97 Å². The number of aromatic nitrogens is 1. The average molecular weight is 289 g/mol. The van der Waals surface area contributed by atoms with Crippen molar-refractivity contribution in [2.24, 2.45) is 0 Å². The molecule has 104 valence electrons. The molecule has 0 fully saturated rings. The Hall–Kier alpha value is -2.01. The van der Waals surface area contributed by atoms with Crippen molar-refractivity contribution in [1.82, 2.24) is 4.98 Å². The highest BCUT2D eigenvalue weighted by Gasteiger charge is 2.08. The number of carboxylic acids is 1. The second-order valence-corrected chi connectivity index (χ2v) is 5.96. The van der Waals surface area contributed by atoms with Crippen LogP contribution in [0.25, 0.3) is 0 Å². The molecular weight excluding hydrogens is 274 g/mol. The largest absolute Gasteiger partial charge is 0.478 e. The molecule has 5 heteroatoms. The molecule has 0 spiro atoms. The van der Waals surface area contributed by atoms with Crippen LogP contribution in [0.1, 0.15) is 27.2 Å². The maximum Gasteiger partial charge on any atom is 0.337 e. The Kier molecular flexibility index (Phi) is 4.63. The Morgan fingerprint density at radius 1 is 1.20 bits per heavy atom. The van der Waals surface area contributed by atoms with Gasteiger partial charge in [0.05, 0.1) is 17.0 Å². The zero-order chi connectivity index (χ0) is 14.5. The van der Waals surface area contributed by atoms with Gasteiger partial charge in [-0.3, -0.25) is 9.19 Å². The van der Waals surface area contributed by atoms with E-state index in [-0.39, 0.29) is 5.56 Å². The van der Waals surface area contributed by atoms with Crippen LogP contribution >= 0.6 is 0 Å². The Balaban J connectivity index is 2.01. The molecule has 0 radical (unpaired) electrons. The van der Waals surface area contributed by atoms with Crippen molar-refractivity contribution in [1.29, 1.82) is 0 Å². The zero-order valence-corrected chi connectivity index (χ0v) is 11.9. The third-order valence-electron chi connectivity index (χ3n) is 2.96. The first-order valence-electron chi connectivity index (χ1n) is 6.14. The number of nitrogens with zero attached hydrogens (tertiary/aromatic N) is 1. The first-order valence-corrected chi connectivity index (χ1v) is 7.63. The van der Waals surface area contributed by atoms with Gasteiger partial charge in [-0.15, -0.1) is 0 Å². The Morgan fingerprint density at radius 2 is 1.95 bits per heavy atom. The number of aromatic carboxylic acids is 1. The van der Waals surface area contributed by atoms with Crippen molar-refractivity contribution < 1.29 is 14.1 Å². The molecule has 1 atom stereocenters. The summed E-state index contributed by atoms with van der Waals surface area (Å²) in [5.41, 5.74) is 2.96. The molecule has 0 aliphatic heterocycles. The number of aryl methyl sites for hydroxylation is 1. The summed E-state index contributed by atoms with van der Waals surface area (Å²) in [4.78, 5) is 14.7. The van der Waals surface area contributed by atoms with E-state index in [0.29, 0.717) is 17.2 Å². The van der Waals surface area contributed by atoms with Crippen molar-refractivity contribution in [3.05, 3.63) is 65.0 Å². The summed E-state index contributed by atoms with van der Waals surface area (Å²) < 4.78 is 12.1. The third kappa shape index (κ3) is 3.74. The number of hydrogen-bond donors (Lipinski definition) is 1. The summed E-state index contributed by atoms with van der Waals surface area (Å²) in [7, 11) is -1.06. The maximum absolute atomic E-state index is 12.1. The monoisotopic (exact) mass is 289 g/mol. The van der Waals surface area contributed by atoms with E-state index in [4.69, 9.17) is 5.11 Å². The van der Waals surface area contributed by atoms with E-state index >= 15 is 0 Å². The maximum atomic E-state index is 12.1.